The second kappa shape index (κ2) is 6.19. The molecule has 1 aliphatic heterocycles. The number of Topliss-reactive ketones (excluding diaryl/α,β-unsaturated/α-hetero) is 1. The Morgan fingerprint density at radius 1 is 1.15 bits per heavy atom. The summed E-state index contributed by atoms with van der Waals surface area (Å²) in [6.07, 6.45) is 3.21. The minimum absolute atomic E-state index is 0.0808. The average molecular weight is 363 g/mol. The Labute approximate surface area is 159 Å². The zero-order valence-corrected chi connectivity index (χ0v) is 16.3. The lowest BCUT2D eigenvalue weighted by atomic mass is 9.68. The van der Waals surface area contributed by atoms with Crippen LogP contribution in [-0.4, -0.2) is 22.0 Å². The molecule has 2 unspecified atom stereocenters. The van der Waals surface area contributed by atoms with Crippen molar-refractivity contribution < 1.29 is 9.59 Å². The van der Waals surface area contributed by atoms with Gasteiger partial charge in [-0.25, -0.2) is 0 Å². The number of fused-ring (bicyclic) bond motifs is 2. The minimum Gasteiger partial charge on any atom is -0.353 e. The van der Waals surface area contributed by atoms with Gasteiger partial charge in [0.05, 0.1) is 23.3 Å². The normalized spacial score (nSPS) is 23.9. The van der Waals surface area contributed by atoms with E-state index in [-0.39, 0.29) is 23.1 Å². The molecule has 2 aromatic rings. The van der Waals surface area contributed by atoms with Crippen molar-refractivity contribution in [1.29, 1.82) is 0 Å². The summed E-state index contributed by atoms with van der Waals surface area (Å²) in [6.45, 7) is 5.79. The molecule has 0 N–H and O–H groups in total. The number of aliphatic imine (C=N–C) groups is 1. The number of amides is 1. The Balaban J connectivity index is 2.00. The van der Waals surface area contributed by atoms with Crippen LogP contribution in [0.1, 0.15) is 45.3 Å². The molecule has 1 saturated carbocycles. The number of hydrogen-bond donors (Lipinski definition) is 0. The summed E-state index contributed by atoms with van der Waals surface area (Å²) in [5.41, 5.74) is 3.25. The summed E-state index contributed by atoms with van der Waals surface area (Å²) in [5, 5.41) is 0. The maximum Gasteiger partial charge on any atom is 0.224 e. The SMILES string of the molecule is CC(=O)N1c2ccccc2N=C2CC(C)(C)CC(=O)C2C1c1cccn1C. The third-order valence-electron chi connectivity index (χ3n) is 5.64. The van der Waals surface area contributed by atoms with Gasteiger partial charge in [-0.3, -0.25) is 14.6 Å². The molecule has 2 aliphatic rings. The van der Waals surface area contributed by atoms with Gasteiger partial charge >= 0.3 is 0 Å². The number of para-hydroxylation sites is 2. The van der Waals surface area contributed by atoms with Gasteiger partial charge in [0.15, 0.2) is 0 Å². The number of ketones is 1. The summed E-state index contributed by atoms with van der Waals surface area (Å²) in [7, 11) is 1.96. The lowest BCUT2D eigenvalue weighted by Crippen LogP contribution is -2.47. The zero-order valence-electron chi connectivity index (χ0n) is 16.3. The molecule has 5 nitrogen and oxygen atoms in total. The van der Waals surface area contributed by atoms with E-state index in [4.69, 9.17) is 4.99 Å². The molecule has 4 rings (SSSR count). The lowest BCUT2D eigenvalue weighted by Gasteiger charge is -2.40. The molecule has 0 bridgehead atoms. The number of hydrogen-bond acceptors (Lipinski definition) is 3. The van der Waals surface area contributed by atoms with Gasteiger partial charge in [0.2, 0.25) is 5.91 Å². The molecule has 1 fully saturated rings. The Hall–Kier alpha value is -2.69. The van der Waals surface area contributed by atoms with E-state index >= 15 is 0 Å². The monoisotopic (exact) mass is 363 g/mol. The fraction of sp³-hybridized carbons (Fsp3) is 0.409. The highest BCUT2D eigenvalue weighted by Gasteiger charge is 2.47. The number of aryl methyl sites for hydroxylation is 1. The Morgan fingerprint density at radius 3 is 2.56 bits per heavy atom. The van der Waals surface area contributed by atoms with Crippen LogP contribution in [0.2, 0.25) is 0 Å². The largest absolute Gasteiger partial charge is 0.353 e. The standard InChI is InChI=1S/C22H25N3O2/c1-14(26)25-17-9-6-5-8-15(17)23-16-12-22(2,3)13-19(27)20(16)21(25)18-10-7-11-24(18)4/h5-11,20-21H,12-13H2,1-4H3. The van der Waals surface area contributed by atoms with Crippen LogP contribution in [0.3, 0.4) is 0 Å². The number of aromatic nitrogens is 1. The van der Waals surface area contributed by atoms with Gasteiger partial charge in [-0.05, 0) is 36.1 Å². The van der Waals surface area contributed by atoms with Crippen LogP contribution < -0.4 is 4.90 Å². The van der Waals surface area contributed by atoms with Crippen molar-refractivity contribution in [2.45, 2.75) is 39.7 Å². The fourth-order valence-electron chi connectivity index (χ4n) is 4.56. The smallest absolute Gasteiger partial charge is 0.224 e. The van der Waals surface area contributed by atoms with Crippen LogP contribution in [0.4, 0.5) is 11.4 Å². The van der Waals surface area contributed by atoms with E-state index in [0.29, 0.717) is 6.42 Å². The molecule has 1 amide bonds. The average Bonchev–Trinajstić information content (AvgIpc) is 2.92. The second-order valence-corrected chi connectivity index (χ2v) is 8.43. The third kappa shape index (κ3) is 2.91. The molecule has 27 heavy (non-hydrogen) atoms. The highest BCUT2D eigenvalue weighted by molar-refractivity contribution is 6.12. The number of carbonyl (C=O) groups excluding carboxylic acids is 2. The van der Waals surface area contributed by atoms with Crippen LogP contribution in [0.5, 0.6) is 0 Å². The molecule has 0 radical (unpaired) electrons. The molecular weight excluding hydrogens is 338 g/mol. The molecule has 1 aromatic carbocycles. The van der Waals surface area contributed by atoms with Crippen molar-refractivity contribution in [2.24, 2.45) is 23.4 Å². The van der Waals surface area contributed by atoms with E-state index in [1.165, 1.54) is 0 Å². The third-order valence-corrected chi connectivity index (χ3v) is 5.64. The van der Waals surface area contributed by atoms with Crippen molar-refractivity contribution >= 4 is 28.8 Å². The summed E-state index contributed by atoms with van der Waals surface area (Å²) in [6, 6.07) is 11.3. The van der Waals surface area contributed by atoms with Crippen LogP contribution in [0, 0.1) is 11.3 Å². The van der Waals surface area contributed by atoms with Crippen LogP contribution in [0.25, 0.3) is 0 Å². The van der Waals surface area contributed by atoms with Crippen molar-refractivity contribution in [3.63, 3.8) is 0 Å². The quantitative estimate of drug-likeness (QED) is 0.762. The van der Waals surface area contributed by atoms with Gasteiger partial charge in [-0.15, -0.1) is 0 Å². The topological polar surface area (TPSA) is 54.7 Å². The molecule has 0 spiro atoms. The Morgan fingerprint density at radius 2 is 1.89 bits per heavy atom. The van der Waals surface area contributed by atoms with E-state index < -0.39 is 5.92 Å². The van der Waals surface area contributed by atoms with Crippen molar-refractivity contribution in [1.82, 2.24) is 4.57 Å². The molecule has 1 aliphatic carbocycles. The molecule has 2 atom stereocenters. The van der Waals surface area contributed by atoms with E-state index in [9.17, 15) is 9.59 Å². The maximum absolute atomic E-state index is 13.3. The van der Waals surface area contributed by atoms with E-state index in [0.717, 1.165) is 29.2 Å². The molecule has 2 heterocycles. The van der Waals surface area contributed by atoms with E-state index in [1.54, 1.807) is 11.8 Å². The highest BCUT2D eigenvalue weighted by atomic mass is 16.2. The number of nitrogens with zero attached hydrogens (tertiary/aromatic N) is 3. The second-order valence-electron chi connectivity index (χ2n) is 8.43. The van der Waals surface area contributed by atoms with Crippen molar-refractivity contribution in [3.8, 4) is 0 Å². The van der Waals surface area contributed by atoms with Crippen molar-refractivity contribution in [3.05, 3.63) is 48.3 Å². The first kappa shape index (κ1) is 17.7. The summed E-state index contributed by atoms with van der Waals surface area (Å²) < 4.78 is 2.00. The number of benzene rings is 1. The van der Waals surface area contributed by atoms with Gasteiger partial charge in [-0.1, -0.05) is 26.0 Å². The molecule has 5 heteroatoms. The Kier molecular flexibility index (Phi) is 4.06. The number of rotatable bonds is 1. The highest BCUT2D eigenvalue weighted by Crippen LogP contribution is 2.47. The van der Waals surface area contributed by atoms with E-state index in [1.807, 2.05) is 54.2 Å². The van der Waals surface area contributed by atoms with Crippen molar-refractivity contribution in [2.75, 3.05) is 4.90 Å². The van der Waals surface area contributed by atoms with Gasteiger partial charge in [0, 0.05) is 38.0 Å². The van der Waals surface area contributed by atoms with Crippen LogP contribution in [-0.2, 0) is 16.6 Å². The number of anilines is 1. The fourth-order valence-corrected chi connectivity index (χ4v) is 4.56. The van der Waals surface area contributed by atoms with Crippen LogP contribution >= 0.6 is 0 Å². The van der Waals surface area contributed by atoms with Gasteiger partial charge in [-0.2, -0.15) is 0 Å². The molecule has 1 aromatic heterocycles. The Bertz CT molecular complexity index is 954. The first-order chi connectivity index (χ1) is 12.8. The minimum atomic E-state index is -0.414. The number of carbonyl (C=O) groups is 2. The lowest BCUT2D eigenvalue weighted by molar-refractivity contribution is -0.124. The van der Waals surface area contributed by atoms with E-state index in [2.05, 4.69) is 13.8 Å². The molecule has 0 saturated heterocycles. The molecular formula is C22H25N3O2. The zero-order chi connectivity index (χ0) is 19.3. The van der Waals surface area contributed by atoms with Gasteiger partial charge < -0.3 is 9.47 Å². The predicted molar refractivity (Wildman–Crippen MR) is 106 cm³/mol. The summed E-state index contributed by atoms with van der Waals surface area (Å²) >= 11 is 0. The first-order valence-corrected chi connectivity index (χ1v) is 9.39. The predicted octanol–water partition coefficient (Wildman–Crippen LogP) is 4.21. The molecule has 140 valence electrons. The first-order valence-electron chi connectivity index (χ1n) is 9.39. The summed E-state index contributed by atoms with van der Waals surface area (Å²) in [5.74, 6) is -0.332. The summed E-state index contributed by atoms with van der Waals surface area (Å²) in [4.78, 5) is 32.8. The maximum atomic E-state index is 13.3. The van der Waals surface area contributed by atoms with Gasteiger partial charge in [0.1, 0.15) is 5.78 Å². The van der Waals surface area contributed by atoms with Gasteiger partial charge in [0.25, 0.3) is 0 Å². The van der Waals surface area contributed by atoms with Crippen LogP contribution in [0.15, 0.2) is 47.6 Å².